The number of hydrogen-bond acceptors (Lipinski definition) is 4. The van der Waals surface area contributed by atoms with Crippen molar-refractivity contribution in [2.45, 2.75) is 23.9 Å². The van der Waals surface area contributed by atoms with Crippen molar-refractivity contribution < 1.29 is 0 Å². The number of aryl methyl sites for hydroxylation is 1. The molecule has 4 aromatic heterocycles. The number of thioether (sulfide) groups is 1. The van der Waals surface area contributed by atoms with Gasteiger partial charge in [0.05, 0.1) is 5.69 Å². The minimum Gasteiger partial charge on any atom is -0.354 e. The van der Waals surface area contributed by atoms with E-state index < -0.39 is 0 Å². The molecule has 26 heavy (non-hydrogen) atoms. The average molecular weight is 364 g/mol. The lowest BCUT2D eigenvalue weighted by atomic mass is 10.3. The molecule has 0 aliphatic rings. The maximum atomic E-state index is 4.64. The van der Waals surface area contributed by atoms with Gasteiger partial charge in [-0.2, -0.15) is 0 Å². The number of nitrogens with zero attached hydrogens (tertiary/aromatic N) is 6. The largest absolute Gasteiger partial charge is 0.354 e. The second-order valence-corrected chi connectivity index (χ2v) is 7.01. The van der Waals surface area contributed by atoms with Crippen molar-refractivity contribution in [1.29, 1.82) is 0 Å². The second-order valence-electron chi connectivity index (χ2n) is 6.07. The van der Waals surface area contributed by atoms with Gasteiger partial charge in [-0.05, 0) is 24.3 Å². The minimum atomic E-state index is 0.695. The molecule has 0 spiro atoms. The fourth-order valence-corrected chi connectivity index (χ4v) is 3.76. The maximum Gasteiger partial charge on any atom is 0.191 e. The van der Waals surface area contributed by atoms with Gasteiger partial charge < -0.3 is 13.5 Å². The van der Waals surface area contributed by atoms with Crippen LogP contribution in [0.1, 0.15) is 17.2 Å². The fraction of sp³-hybridized carbons (Fsp3) is 0.211. The number of rotatable bonds is 7. The lowest BCUT2D eigenvalue weighted by Gasteiger charge is -2.08. The molecule has 7 heteroatoms. The molecule has 0 saturated carbocycles. The van der Waals surface area contributed by atoms with Gasteiger partial charge in [0.15, 0.2) is 5.16 Å². The number of pyridine rings is 1. The van der Waals surface area contributed by atoms with Crippen molar-refractivity contribution in [1.82, 2.24) is 28.7 Å². The summed E-state index contributed by atoms with van der Waals surface area (Å²) in [5.41, 5.74) is 3.19. The molecule has 0 aromatic carbocycles. The van der Waals surface area contributed by atoms with Crippen LogP contribution in [0.4, 0.5) is 0 Å². The predicted octanol–water partition coefficient (Wildman–Crippen LogP) is 3.33. The molecule has 0 saturated heterocycles. The Kier molecular flexibility index (Phi) is 4.62. The average Bonchev–Trinajstić information content (AvgIpc) is 3.34. The third-order valence-corrected chi connectivity index (χ3v) is 5.26. The maximum absolute atomic E-state index is 4.64. The van der Waals surface area contributed by atoms with Gasteiger partial charge in [0.1, 0.15) is 11.5 Å². The molecule has 132 valence electrons. The Labute approximate surface area is 156 Å². The molecule has 4 aromatic rings. The van der Waals surface area contributed by atoms with E-state index in [9.17, 15) is 0 Å². The van der Waals surface area contributed by atoms with Crippen LogP contribution in [0.3, 0.4) is 0 Å². The SMILES string of the molecule is C=CCn1c(Cc2cccn2C)nnc1SCc1cn2ccccc2n1. The Balaban J connectivity index is 1.54. The summed E-state index contributed by atoms with van der Waals surface area (Å²) in [4.78, 5) is 4.64. The lowest BCUT2D eigenvalue weighted by Crippen LogP contribution is -2.06. The quantitative estimate of drug-likeness (QED) is 0.373. The van der Waals surface area contributed by atoms with E-state index in [1.54, 1.807) is 11.8 Å². The van der Waals surface area contributed by atoms with Crippen LogP contribution in [-0.2, 0) is 25.8 Å². The molecule has 4 heterocycles. The molecule has 6 nitrogen and oxygen atoms in total. The summed E-state index contributed by atoms with van der Waals surface area (Å²) in [5.74, 6) is 1.70. The highest BCUT2D eigenvalue weighted by molar-refractivity contribution is 7.98. The summed E-state index contributed by atoms with van der Waals surface area (Å²) < 4.78 is 6.27. The van der Waals surface area contributed by atoms with Gasteiger partial charge in [0.25, 0.3) is 0 Å². The van der Waals surface area contributed by atoms with E-state index in [1.165, 1.54) is 5.69 Å². The monoisotopic (exact) mass is 364 g/mol. The first-order valence-corrected chi connectivity index (χ1v) is 9.42. The Morgan fingerprint density at radius 1 is 1.15 bits per heavy atom. The molecular weight excluding hydrogens is 344 g/mol. The number of fused-ring (bicyclic) bond motifs is 1. The lowest BCUT2D eigenvalue weighted by molar-refractivity contribution is 0.681. The summed E-state index contributed by atoms with van der Waals surface area (Å²) in [6, 6.07) is 10.2. The van der Waals surface area contributed by atoms with Gasteiger partial charge >= 0.3 is 0 Å². The van der Waals surface area contributed by atoms with Crippen LogP contribution in [-0.4, -0.2) is 28.7 Å². The highest BCUT2D eigenvalue weighted by Crippen LogP contribution is 2.23. The summed E-state index contributed by atoms with van der Waals surface area (Å²) in [6.45, 7) is 4.57. The molecule has 0 atom stereocenters. The summed E-state index contributed by atoms with van der Waals surface area (Å²) in [5, 5.41) is 9.70. The normalized spacial score (nSPS) is 11.3. The molecule has 0 aliphatic heterocycles. The number of aromatic nitrogens is 6. The Hall–Kier alpha value is -2.80. The van der Waals surface area contributed by atoms with E-state index in [0.717, 1.165) is 34.5 Å². The van der Waals surface area contributed by atoms with Crippen LogP contribution >= 0.6 is 11.8 Å². The zero-order chi connectivity index (χ0) is 17.9. The van der Waals surface area contributed by atoms with E-state index in [4.69, 9.17) is 0 Å². The van der Waals surface area contributed by atoms with E-state index in [1.807, 2.05) is 54.2 Å². The highest BCUT2D eigenvalue weighted by atomic mass is 32.2. The van der Waals surface area contributed by atoms with Gasteiger partial charge in [0.2, 0.25) is 0 Å². The van der Waals surface area contributed by atoms with Gasteiger partial charge in [0, 0.05) is 50.1 Å². The second kappa shape index (κ2) is 7.21. The fourth-order valence-electron chi connectivity index (χ4n) is 2.91. The first-order chi connectivity index (χ1) is 12.7. The van der Waals surface area contributed by atoms with Crippen molar-refractivity contribution >= 4 is 17.4 Å². The zero-order valence-corrected chi connectivity index (χ0v) is 15.4. The van der Waals surface area contributed by atoms with Crippen LogP contribution in [0, 0.1) is 0 Å². The van der Waals surface area contributed by atoms with Crippen molar-refractivity contribution in [2.75, 3.05) is 0 Å². The van der Waals surface area contributed by atoms with Crippen LogP contribution in [0.25, 0.3) is 5.65 Å². The third-order valence-electron chi connectivity index (χ3n) is 4.26. The van der Waals surface area contributed by atoms with Crippen LogP contribution in [0.5, 0.6) is 0 Å². The smallest absolute Gasteiger partial charge is 0.191 e. The molecule has 0 aliphatic carbocycles. The van der Waals surface area contributed by atoms with Crippen LogP contribution in [0.2, 0.25) is 0 Å². The van der Waals surface area contributed by atoms with Crippen LogP contribution in [0.15, 0.2) is 66.7 Å². The first kappa shape index (κ1) is 16.7. The Morgan fingerprint density at radius 3 is 2.85 bits per heavy atom. The molecule has 0 amide bonds. The Bertz CT molecular complexity index is 1010. The zero-order valence-electron chi connectivity index (χ0n) is 14.6. The van der Waals surface area contributed by atoms with Gasteiger partial charge in [-0.25, -0.2) is 4.98 Å². The molecule has 0 fully saturated rings. The third kappa shape index (κ3) is 3.30. The van der Waals surface area contributed by atoms with Gasteiger partial charge in [-0.1, -0.05) is 23.9 Å². The number of imidazole rings is 1. The summed E-state index contributed by atoms with van der Waals surface area (Å²) >= 11 is 1.65. The standard InChI is InChI=1S/C19H20N6S/c1-3-9-25-18(12-16-7-6-10-23(16)2)21-22-19(25)26-14-15-13-24-11-5-4-8-17(24)20-15/h3-8,10-11,13H,1,9,12,14H2,2H3. The number of allylic oxidation sites excluding steroid dienone is 1. The first-order valence-electron chi connectivity index (χ1n) is 8.43. The van der Waals surface area contributed by atoms with Crippen molar-refractivity contribution in [2.24, 2.45) is 7.05 Å². The summed E-state index contributed by atoms with van der Waals surface area (Å²) in [7, 11) is 2.04. The molecule has 4 rings (SSSR count). The number of hydrogen-bond donors (Lipinski definition) is 0. The van der Waals surface area contributed by atoms with E-state index in [-0.39, 0.29) is 0 Å². The highest BCUT2D eigenvalue weighted by Gasteiger charge is 2.14. The molecule has 0 radical (unpaired) electrons. The van der Waals surface area contributed by atoms with Crippen molar-refractivity contribution in [3.63, 3.8) is 0 Å². The molecule has 0 N–H and O–H groups in total. The topological polar surface area (TPSA) is 52.9 Å². The van der Waals surface area contributed by atoms with Crippen molar-refractivity contribution in [3.05, 3.63) is 78.8 Å². The molecule has 0 unspecified atom stereocenters. The van der Waals surface area contributed by atoms with E-state index >= 15 is 0 Å². The Morgan fingerprint density at radius 2 is 2.08 bits per heavy atom. The van der Waals surface area contributed by atoms with E-state index in [2.05, 4.69) is 43.2 Å². The summed E-state index contributed by atoms with van der Waals surface area (Å²) in [6.07, 6.45) is 8.74. The van der Waals surface area contributed by atoms with Gasteiger partial charge in [-0.3, -0.25) is 0 Å². The van der Waals surface area contributed by atoms with E-state index in [0.29, 0.717) is 6.54 Å². The van der Waals surface area contributed by atoms with Gasteiger partial charge in [-0.15, -0.1) is 16.8 Å². The van der Waals surface area contributed by atoms with Crippen LogP contribution < -0.4 is 0 Å². The molecular formula is C19H20N6S. The predicted molar refractivity (Wildman–Crippen MR) is 103 cm³/mol. The minimum absolute atomic E-state index is 0.695. The van der Waals surface area contributed by atoms with Crippen molar-refractivity contribution in [3.8, 4) is 0 Å². The molecule has 0 bridgehead atoms.